The predicted octanol–water partition coefficient (Wildman–Crippen LogP) is 4.78. The Labute approximate surface area is 207 Å². The van der Waals surface area contributed by atoms with Crippen LogP contribution in [0.4, 0.5) is 36.4 Å². The maximum atomic E-state index is 14.7. The number of nitrogens with zero attached hydrogens (tertiary/aromatic N) is 5. The number of anilines is 1. The van der Waals surface area contributed by atoms with E-state index in [0.717, 1.165) is 29.2 Å². The van der Waals surface area contributed by atoms with E-state index in [1.807, 2.05) is 0 Å². The van der Waals surface area contributed by atoms with Gasteiger partial charge in [-0.05, 0) is 42.3 Å². The highest BCUT2D eigenvalue weighted by molar-refractivity contribution is 6.02. The van der Waals surface area contributed by atoms with Gasteiger partial charge in [-0.15, -0.1) is 23.4 Å². The van der Waals surface area contributed by atoms with Crippen LogP contribution in [0.1, 0.15) is 24.1 Å². The summed E-state index contributed by atoms with van der Waals surface area (Å²) in [6.07, 6.45) is -7.48. The summed E-state index contributed by atoms with van der Waals surface area (Å²) < 4.78 is 95.9. The molecule has 0 bridgehead atoms. The quantitative estimate of drug-likeness (QED) is 0.340. The monoisotopic (exact) mass is 541 g/mol. The van der Waals surface area contributed by atoms with Crippen LogP contribution >= 0.6 is 0 Å². The zero-order valence-electron chi connectivity index (χ0n) is 18.7. The van der Waals surface area contributed by atoms with Gasteiger partial charge in [-0.25, -0.2) is 9.37 Å². The number of alkyl halides is 6. The first-order valence-corrected chi connectivity index (χ1v) is 10.7. The van der Waals surface area contributed by atoms with Gasteiger partial charge in [0.1, 0.15) is 11.6 Å². The second-order valence-electron chi connectivity index (χ2n) is 8.36. The Balaban J connectivity index is 1.43. The Morgan fingerprint density at radius 1 is 1.08 bits per heavy atom. The number of carbonyl (C=O) groups is 1. The minimum absolute atomic E-state index is 0.00536. The molecule has 1 amide bonds. The number of aromatic nitrogens is 6. The Bertz CT molecular complexity index is 1490. The molecule has 4 aromatic rings. The summed E-state index contributed by atoms with van der Waals surface area (Å²) in [6.45, 7) is 0. The lowest BCUT2D eigenvalue weighted by Crippen LogP contribution is -2.29. The summed E-state index contributed by atoms with van der Waals surface area (Å²) in [5.74, 6) is -2.42. The highest BCUT2D eigenvalue weighted by atomic mass is 19.4. The van der Waals surface area contributed by atoms with Crippen molar-refractivity contribution in [2.75, 3.05) is 5.32 Å². The summed E-state index contributed by atoms with van der Waals surface area (Å²) in [6, 6.07) is 6.72. The van der Waals surface area contributed by atoms with Crippen LogP contribution in [0.2, 0.25) is 0 Å². The van der Waals surface area contributed by atoms with Crippen LogP contribution in [0, 0.1) is 5.82 Å². The first-order valence-electron chi connectivity index (χ1n) is 10.7. The average molecular weight is 541 g/mol. The van der Waals surface area contributed by atoms with Crippen LogP contribution in [-0.2, 0) is 16.4 Å². The Hall–Kier alpha value is -4.50. The Morgan fingerprint density at radius 3 is 2.42 bits per heavy atom. The number of imidazole rings is 1. The largest absolute Gasteiger partial charge is 0.573 e. The molecule has 0 atom stereocenters. The molecule has 5 rings (SSSR count). The van der Waals surface area contributed by atoms with E-state index in [2.05, 4.69) is 35.7 Å². The number of hydrogen-bond acceptors (Lipinski definition) is 6. The SMILES string of the molecule is O=C(Nc1ccc(-n2cnc(C(F)(F)F)c2)c(-c2nn[nH]n2)c1)C1(c2ccc(OC(F)(F)F)cc2F)CC1. The number of hydrogen-bond donors (Lipinski definition) is 2. The molecule has 2 heterocycles. The maximum absolute atomic E-state index is 14.7. The van der Waals surface area contributed by atoms with E-state index in [9.17, 15) is 35.5 Å². The molecule has 9 nitrogen and oxygen atoms in total. The van der Waals surface area contributed by atoms with Crippen molar-refractivity contribution in [3.63, 3.8) is 0 Å². The third-order valence-corrected chi connectivity index (χ3v) is 5.87. The number of benzene rings is 2. The second-order valence-corrected chi connectivity index (χ2v) is 8.36. The van der Waals surface area contributed by atoms with Crippen molar-refractivity contribution in [1.82, 2.24) is 30.2 Å². The highest BCUT2D eigenvalue weighted by Gasteiger charge is 2.53. The van der Waals surface area contributed by atoms with E-state index >= 15 is 0 Å². The van der Waals surface area contributed by atoms with Crippen LogP contribution in [-0.4, -0.2) is 42.4 Å². The molecule has 16 heteroatoms. The van der Waals surface area contributed by atoms with E-state index in [-0.39, 0.29) is 41.2 Å². The normalized spacial score (nSPS) is 14.8. The third-order valence-electron chi connectivity index (χ3n) is 5.87. The number of halogens is 7. The molecule has 0 radical (unpaired) electrons. The fourth-order valence-corrected chi connectivity index (χ4v) is 3.97. The smallest absolute Gasteiger partial charge is 0.406 e. The van der Waals surface area contributed by atoms with Crippen molar-refractivity contribution >= 4 is 11.6 Å². The molecule has 2 N–H and O–H groups in total. The van der Waals surface area contributed by atoms with Gasteiger partial charge in [0.15, 0.2) is 5.69 Å². The number of ether oxygens (including phenoxy) is 1. The van der Waals surface area contributed by atoms with Crippen molar-refractivity contribution in [1.29, 1.82) is 0 Å². The van der Waals surface area contributed by atoms with E-state index in [0.29, 0.717) is 6.07 Å². The van der Waals surface area contributed by atoms with Crippen molar-refractivity contribution in [3.8, 4) is 22.8 Å². The Morgan fingerprint density at radius 2 is 1.84 bits per heavy atom. The zero-order valence-corrected chi connectivity index (χ0v) is 18.7. The van der Waals surface area contributed by atoms with E-state index in [1.165, 1.54) is 18.2 Å². The van der Waals surface area contributed by atoms with Crippen LogP contribution in [0.15, 0.2) is 48.9 Å². The molecule has 0 unspecified atom stereocenters. The lowest BCUT2D eigenvalue weighted by Gasteiger charge is -2.18. The van der Waals surface area contributed by atoms with Crippen molar-refractivity contribution in [2.24, 2.45) is 0 Å². The summed E-state index contributed by atoms with van der Waals surface area (Å²) >= 11 is 0. The van der Waals surface area contributed by atoms with Crippen molar-refractivity contribution in [2.45, 2.75) is 30.8 Å². The number of aromatic amines is 1. The maximum Gasteiger partial charge on any atom is 0.573 e. The van der Waals surface area contributed by atoms with Crippen molar-refractivity contribution in [3.05, 3.63) is 66.0 Å². The third kappa shape index (κ3) is 4.88. The van der Waals surface area contributed by atoms with Crippen molar-refractivity contribution < 1.29 is 40.3 Å². The first-order chi connectivity index (χ1) is 17.9. The number of rotatable bonds is 6. The number of H-pyrrole nitrogens is 1. The number of amides is 1. The van der Waals surface area contributed by atoms with Gasteiger partial charge in [0.2, 0.25) is 11.7 Å². The standard InChI is InChI=1S/C22H14F7N7O2/c23-15-8-12(38-22(27,28)29)2-3-14(15)20(5-6-20)19(37)31-11-1-4-16(13(7-11)18-32-34-35-33-18)36-9-17(30-10-36)21(24,25)26/h1-4,7-10H,5-6H2,(H,31,37)(H,32,33,34,35). The molecule has 0 spiro atoms. The molecule has 1 aliphatic carbocycles. The van der Waals surface area contributed by atoms with Crippen LogP contribution in [0.25, 0.3) is 17.1 Å². The van der Waals surface area contributed by atoms with Gasteiger partial charge >= 0.3 is 12.5 Å². The summed E-state index contributed by atoms with van der Waals surface area (Å²) in [5.41, 5.74) is -1.99. The van der Waals surface area contributed by atoms with Gasteiger partial charge in [-0.2, -0.15) is 18.4 Å². The molecule has 38 heavy (non-hydrogen) atoms. The number of tetrazole rings is 1. The minimum atomic E-state index is -5.00. The fourth-order valence-electron chi connectivity index (χ4n) is 3.97. The van der Waals surface area contributed by atoms with E-state index < -0.39 is 41.1 Å². The zero-order chi connectivity index (χ0) is 27.3. The molecular formula is C22H14F7N7O2. The van der Waals surface area contributed by atoms with Crippen LogP contribution in [0.3, 0.4) is 0 Å². The molecule has 0 saturated heterocycles. The molecule has 1 fully saturated rings. The minimum Gasteiger partial charge on any atom is -0.406 e. The average Bonchev–Trinajstić information content (AvgIpc) is 3.21. The van der Waals surface area contributed by atoms with Gasteiger partial charge in [0.25, 0.3) is 0 Å². The second kappa shape index (κ2) is 8.81. The van der Waals surface area contributed by atoms with Gasteiger partial charge in [-0.1, -0.05) is 6.07 Å². The lowest BCUT2D eigenvalue weighted by molar-refractivity contribution is -0.274. The Kier molecular flexibility index (Phi) is 5.83. The lowest BCUT2D eigenvalue weighted by atomic mass is 9.94. The van der Waals surface area contributed by atoms with E-state index in [1.54, 1.807) is 0 Å². The topological polar surface area (TPSA) is 111 Å². The molecule has 2 aromatic carbocycles. The highest BCUT2D eigenvalue weighted by Crippen LogP contribution is 2.50. The van der Waals surface area contributed by atoms with Gasteiger partial charge in [-0.3, -0.25) is 4.79 Å². The molecule has 1 aliphatic rings. The molecular weight excluding hydrogens is 527 g/mol. The van der Waals surface area contributed by atoms with Crippen LogP contribution < -0.4 is 10.1 Å². The molecule has 0 aliphatic heterocycles. The number of carbonyl (C=O) groups excluding carboxylic acids is 1. The summed E-state index contributed by atoms with van der Waals surface area (Å²) in [5, 5.41) is 16.0. The van der Waals surface area contributed by atoms with Crippen LogP contribution in [0.5, 0.6) is 5.75 Å². The number of nitrogens with one attached hydrogen (secondary N) is 2. The first kappa shape index (κ1) is 25.2. The van der Waals surface area contributed by atoms with Gasteiger partial charge in [0, 0.05) is 29.1 Å². The molecule has 2 aromatic heterocycles. The molecule has 1 saturated carbocycles. The summed E-state index contributed by atoms with van der Waals surface area (Å²) in [7, 11) is 0. The molecule has 198 valence electrons. The van der Waals surface area contributed by atoms with Gasteiger partial charge in [0.05, 0.1) is 17.4 Å². The fraction of sp³-hybridized carbons (Fsp3) is 0.227. The predicted molar refractivity (Wildman–Crippen MR) is 114 cm³/mol. The van der Waals surface area contributed by atoms with E-state index in [4.69, 9.17) is 0 Å². The van der Waals surface area contributed by atoms with Gasteiger partial charge < -0.3 is 14.6 Å². The summed E-state index contributed by atoms with van der Waals surface area (Å²) in [4.78, 5) is 16.5.